The summed E-state index contributed by atoms with van der Waals surface area (Å²) in [5.41, 5.74) is 1.88. The third-order valence-electron chi connectivity index (χ3n) is 5.28. The maximum Gasteiger partial charge on any atom is 0.256 e. The lowest BCUT2D eigenvalue weighted by molar-refractivity contribution is 0.0941. The molecule has 1 aromatic carbocycles. The van der Waals surface area contributed by atoms with E-state index in [1.807, 2.05) is 0 Å². The number of aryl methyl sites for hydroxylation is 1. The normalized spacial score (nSPS) is 19.6. The molecule has 2 aromatic rings. The van der Waals surface area contributed by atoms with Gasteiger partial charge in [-0.3, -0.25) is 9.59 Å². The number of fused-ring (bicyclic) bond motifs is 1. The zero-order chi connectivity index (χ0) is 20.6. The van der Waals surface area contributed by atoms with Gasteiger partial charge in [0.1, 0.15) is 10.8 Å². The van der Waals surface area contributed by atoms with E-state index >= 15 is 0 Å². The fraction of sp³-hybridized carbons (Fsp3) is 0.400. The van der Waals surface area contributed by atoms with Crippen LogP contribution in [0.25, 0.3) is 0 Å². The van der Waals surface area contributed by atoms with Crippen molar-refractivity contribution >= 4 is 38.0 Å². The zero-order valence-corrected chi connectivity index (χ0v) is 17.6. The van der Waals surface area contributed by atoms with E-state index in [-0.39, 0.29) is 29.4 Å². The highest BCUT2D eigenvalue weighted by atomic mass is 32.2. The molecule has 0 spiro atoms. The maximum absolute atomic E-state index is 13.0. The molecule has 2 heterocycles. The van der Waals surface area contributed by atoms with Gasteiger partial charge in [-0.15, -0.1) is 11.3 Å². The molecule has 0 radical (unpaired) electrons. The van der Waals surface area contributed by atoms with E-state index in [0.717, 1.165) is 29.7 Å². The lowest BCUT2D eigenvalue weighted by atomic mass is 10.1. The highest BCUT2D eigenvalue weighted by Crippen LogP contribution is 2.39. The van der Waals surface area contributed by atoms with Crippen molar-refractivity contribution in [1.82, 2.24) is 5.32 Å². The number of nitrogens with one attached hydrogen (secondary N) is 2. The Bertz CT molecular complexity index is 1070. The van der Waals surface area contributed by atoms with Gasteiger partial charge in [-0.2, -0.15) is 0 Å². The topological polar surface area (TPSA) is 102 Å². The Morgan fingerprint density at radius 2 is 2.03 bits per heavy atom. The monoisotopic (exact) mass is 434 g/mol. The largest absolute Gasteiger partial charge is 0.497 e. The van der Waals surface area contributed by atoms with Crippen LogP contribution in [-0.2, 0) is 22.7 Å². The molecule has 0 unspecified atom stereocenters. The quantitative estimate of drug-likeness (QED) is 0.753. The summed E-state index contributed by atoms with van der Waals surface area (Å²) in [4.78, 5) is 26.9. The number of carbonyl (C=O) groups is 2. The van der Waals surface area contributed by atoms with E-state index in [2.05, 4.69) is 10.6 Å². The van der Waals surface area contributed by atoms with E-state index in [4.69, 9.17) is 4.74 Å². The van der Waals surface area contributed by atoms with E-state index in [9.17, 15) is 18.0 Å². The molecule has 1 fully saturated rings. The summed E-state index contributed by atoms with van der Waals surface area (Å²) in [6.45, 7) is 0. The van der Waals surface area contributed by atoms with Crippen molar-refractivity contribution < 1.29 is 22.7 Å². The van der Waals surface area contributed by atoms with E-state index in [0.29, 0.717) is 28.3 Å². The molecule has 1 aliphatic carbocycles. The summed E-state index contributed by atoms with van der Waals surface area (Å²) in [5, 5.41) is 6.24. The van der Waals surface area contributed by atoms with Gasteiger partial charge < -0.3 is 15.4 Å². The Morgan fingerprint density at radius 3 is 2.76 bits per heavy atom. The van der Waals surface area contributed by atoms with Crippen molar-refractivity contribution in [3.8, 4) is 5.75 Å². The minimum absolute atomic E-state index is 0.0312. The Balaban J connectivity index is 1.58. The predicted octanol–water partition coefficient (Wildman–Crippen LogP) is 2.41. The highest BCUT2D eigenvalue weighted by molar-refractivity contribution is 7.91. The van der Waals surface area contributed by atoms with Crippen LogP contribution in [0, 0.1) is 0 Å². The Morgan fingerprint density at radius 1 is 1.21 bits per heavy atom. The fourth-order valence-electron chi connectivity index (χ4n) is 3.84. The number of rotatable bonds is 5. The van der Waals surface area contributed by atoms with Crippen molar-refractivity contribution in [1.29, 1.82) is 0 Å². The second kappa shape index (κ2) is 7.79. The van der Waals surface area contributed by atoms with Crippen LogP contribution in [0.4, 0.5) is 5.00 Å². The lowest BCUT2D eigenvalue weighted by Crippen LogP contribution is -2.36. The Kier molecular flexibility index (Phi) is 5.35. The summed E-state index contributed by atoms with van der Waals surface area (Å²) in [6.07, 6.45) is 3.06. The molecule has 2 amide bonds. The average Bonchev–Trinajstić information content (AvgIpc) is 3.35. The summed E-state index contributed by atoms with van der Waals surface area (Å²) < 4.78 is 28.6. The van der Waals surface area contributed by atoms with Crippen molar-refractivity contribution in [3.63, 3.8) is 0 Å². The molecule has 154 valence electrons. The molecular formula is C20H22N2O5S2. The second-order valence-corrected chi connectivity index (χ2v) is 10.7. The molecule has 1 aromatic heterocycles. The third kappa shape index (κ3) is 4.16. The van der Waals surface area contributed by atoms with Gasteiger partial charge in [0.15, 0.2) is 9.84 Å². The van der Waals surface area contributed by atoms with Gasteiger partial charge >= 0.3 is 0 Å². The van der Waals surface area contributed by atoms with Crippen molar-refractivity contribution in [2.75, 3.05) is 23.9 Å². The van der Waals surface area contributed by atoms with E-state index in [1.54, 1.807) is 24.3 Å². The number of carbonyl (C=O) groups excluding carboxylic acids is 2. The second-order valence-electron chi connectivity index (χ2n) is 7.32. The summed E-state index contributed by atoms with van der Waals surface area (Å²) in [5.74, 6) is 0.0101. The number of methoxy groups -OCH3 is 1. The number of anilines is 1. The number of benzene rings is 1. The van der Waals surface area contributed by atoms with Crippen LogP contribution in [0.3, 0.4) is 0 Å². The van der Waals surface area contributed by atoms with Crippen LogP contribution in [0.15, 0.2) is 24.3 Å². The van der Waals surface area contributed by atoms with E-state index in [1.165, 1.54) is 18.4 Å². The molecule has 4 rings (SSSR count). The van der Waals surface area contributed by atoms with Gasteiger partial charge in [0.25, 0.3) is 11.8 Å². The molecule has 0 bridgehead atoms. The zero-order valence-electron chi connectivity index (χ0n) is 16.0. The van der Waals surface area contributed by atoms with Gasteiger partial charge in [-0.25, -0.2) is 8.42 Å². The SMILES string of the molecule is COc1cccc(C(=O)Nc2sc3c(c2C(=O)N[C@@H]2CCS(=O)(=O)C2)CCC3)c1. The first-order chi connectivity index (χ1) is 13.9. The van der Waals surface area contributed by atoms with Crippen molar-refractivity contribution in [2.24, 2.45) is 0 Å². The van der Waals surface area contributed by atoms with Gasteiger partial charge in [0.2, 0.25) is 0 Å². The average molecular weight is 435 g/mol. The van der Waals surface area contributed by atoms with Crippen LogP contribution < -0.4 is 15.4 Å². The van der Waals surface area contributed by atoms with Crippen LogP contribution in [0.5, 0.6) is 5.75 Å². The number of hydrogen-bond donors (Lipinski definition) is 2. The molecule has 2 N–H and O–H groups in total. The molecule has 9 heteroatoms. The molecule has 1 aliphatic heterocycles. The summed E-state index contributed by atoms with van der Waals surface area (Å²) in [6, 6.07) is 6.43. The van der Waals surface area contributed by atoms with Gasteiger partial charge in [-0.05, 0) is 49.4 Å². The number of thiophene rings is 1. The third-order valence-corrected chi connectivity index (χ3v) is 8.25. The van der Waals surface area contributed by atoms with Crippen molar-refractivity contribution in [3.05, 3.63) is 45.8 Å². The summed E-state index contributed by atoms with van der Waals surface area (Å²) in [7, 11) is -1.55. The molecule has 0 saturated carbocycles. The van der Waals surface area contributed by atoms with Crippen LogP contribution in [0.1, 0.15) is 44.0 Å². The minimum atomic E-state index is -3.09. The van der Waals surface area contributed by atoms with E-state index < -0.39 is 9.84 Å². The smallest absolute Gasteiger partial charge is 0.256 e. The first-order valence-electron chi connectivity index (χ1n) is 9.47. The van der Waals surface area contributed by atoms with Crippen LogP contribution in [-0.4, -0.2) is 44.9 Å². The van der Waals surface area contributed by atoms with Crippen LogP contribution in [0.2, 0.25) is 0 Å². The predicted molar refractivity (Wildman–Crippen MR) is 112 cm³/mol. The molecule has 1 atom stereocenters. The summed E-state index contributed by atoms with van der Waals surface area (Å²) >= 11 is 1.43. The van der Waals surface area contributed by atoms with Gasteiger partial charge in [0, 0.05) is 16.5 Å². The fourth-order valence-corrected chi connectivity index (χ4v) is 6.79. The first-order valence-corrected chi connectivity index (χ1v) is 12.1. The molecule has 29 heavy (non-hydrogen) atoms. The molecule has 2 aliphatic rings. The highest BCUT2D eigenvalue weighted by Gasteiger charge is 2.32. The molecule has 1 saturated heterocycles. The lowest BCUT2D eigenvalue weighted by Gasteiger charge is -2.13. The number of ether oxygens (including phenoxy) is 1. The Labute approximate surface area is 173 Å². The number of hydrogen-bond acceptors (Lipinski definition) is 6. The number of sulfone groups is 1. The standard InChI is InChI=1S/C20H22N2O5S2/c1-27-14-5-2-4-12(10-14)18(23)22-20-17(15-6-3-7-16(15)28-20)19(24)21-13-8-9-29(25,26)11-13/h2,4-5,10,13H,3,6-9,11H2,1H3,(H,21,24)(H,22,23)/t13-/m1/s1. The van der Waals surface area contributed by atoms with Gasteiger partial charge in [0.05, 0.1) is 24.2 Å². The number of amides is 2. The van der Waals surface area contributed by atoms with Crippen LogP contribution >= 0.6 is 11.3 Å². The molecular weight excluding hydrogens is 412 g/mol. The van der Waals surface area contributed by atoms with Gasteiger partial charge in [-0.1, -0.05) is 6.07 Å². The maximum atomic E-state index is 13.0. The van der Waals surface area contributed by atoms with Crippen molar-refractivity contribution in [2.45, 2.75) is 31.7 Å². The first kappa shape index (κ1) is 19.9. The molecule has 7 nitrogen and oxygen atoms in total. The minimum Gasteiger partial charge on any atom is -0.497 e. The Hall–Kier alpha value is -2.39.